The zero-order valence-corrected chi connectivity index (χ0v) is 18.4. The Morgan fingerprint density at radius 2 is 1.47 bits per heavy atom. The van der Waals surface area contributed by atoms with Crippen LogP contribution in [-0.2, 0) is 4.74 Å². The molecule has 1 fully saturated rings. The maximum absolute atomic E-state index is 13.3. The van der Waals surface area contributed by atoms with E-state index in [1.807, 2.05) is 60.7 Å². The molecule has 8 heteroatoms. The lowest BCUT2D eigenvalue weighted by Gasteiger charge is -2.27. The average molecular weight is 454 g/mol. The molecule has 4 aromatic rings. The van der Waals surface area contributed by atoms with Gasteiger partial charge in [0.1, 0.15) is 0 Å². The van der Waals surface area contributed by atoms with Gasteiger partial charge in [-0.3, -0.25) is 14.7 Å². The van der Waals surface area contributed by atoms with Gasteiger partial charge in [0.25, 0.3) is 11.5 Å². The average Bonchev–Trinajstić information content (AvgIpc) is 3.24. The summed E-state index contributed by atoms with van der Waals surface area (Å²) in [4.78, 5) is 28.2. The van der Waals surface area contributed by atoms with Crippen molar-refractivity contribution in [1.29, 1.82) is 0 Å². The van der Waals surface area contributed by atoms with Crippen molar-refractivity contribution in [2.45, 2.75) is 0 Å². The smallest absolute Gasteiger partial charge is 0.299 e. The van der Waals surface area contributed by atoms with Crippen LogP contribution in [0.2, 0.25) is 0 Å². The minimum atomic E-state index is -0.328. The summed E-state index contributed by atoms with van der Waals surface area (Å²) in [6.07, 6.45) is 0. The summed E-state index contributed by atoms with van der Waals surface area (Å²) in [5.74, 6) is -0.128. The summed E-state index contributed by atoms with van der Waals surface area (Å²) >= 11 is 0. The molecule has 0 spiro atoms. The number of ether oxygens (including phenoxy) is 1. The van der Waals surface area contributed by atoms with Crippen LogP contribution in [0.1, 0.15) is 10.4 Å². The van der Waals surface area contributed by atoms with Gasteiger partial charge in [-0.05, 0) is 24.3 Å². The number of nitrogens with zero attached hydrogens (tertiary/aromatic N) is 4. The van der Waals surface area contributed by atoms with Gasteiger partial charge < -0.3 is 9.64 Å². The van der Waals surface area contributed by atoms with Gasteiger partial charge in [0, 0.05) is 18.7 Å². The van der Waals surface area contributed by atoms with E-state index in [2.05, 4.69) is 15.3 Å². The fourth-order valence-corrected chi connectivity index (χ4v) is 3.87. The molecule has 5 rings (SSSR count). The van der Waals surface area contributed by atoms with Crippen LogP contribution in [0, 0.1) is 0 Å². The lowest BCUT2D eigenvalue weighted by molar-refractivity contribution is 0.0303. The number of carbonyl (C=O) groups excluding carboxylic acids is 1. The number of azo groups is 1. The number of amides is 1. The van der Waals surface area contributed by atoms with Gasteiger partial charge in [-0.1, -0.05) is 60.7 Å². The lowest BCUT2D eigenvalue weighted by atomic mass is 10.1. The summed E-state index contributed by atoms with van der Waals surface area (Å²) in [7, 11) is 0. The van der Waals surface area contributed by atoms with Crippen molar-refractivity contribution in [1.82, 2.24) is 14.7 Å². The van der Waals surface area contributed by atoms with E-state index < -0.39 is 0 Å². The summed E-state index contributed by atoms with van der Waals surface area (Å²) < 4.78 is 6.80. The van der Waals surface area contributed by atoms with E-state index in [1.165, 1.54) is 4.68 Å². The van der Waals surface area contributed by atoms with Crippen LogP contribution in [-0.4, -0.2) is 46.9 Å². The molecule has 1 N–H and O–H groups in total. The first-order valence-corrected chi connectivity index (χ1v) is 11.1. The SMILES string of the molecule is O=C(c1ccccc1N=Nc1c(-c2ccccc2)[nH]n(-c2ccccc2)c1=O)N1CCOCC1. The van der Waals surface area contributed by atoms with Crippen LogP contribution in [0.3, 0.4) is 0 Å². The molecule has 0 atom stereocenters. The highest BCUT2D eigenvalue weighted by atomic mass is 16.5. The number of carbonyl (C=O) groups is 1. The lowest BCUT2D eigenvalue weighted by Crippen LogP contribution is -2.40. The van der Waals surface area contributed by atoms with Crippen LogP contribution < -0.4 is 5.56 Å². The van der Waals surface area contributed by atoms with Gasteiger partial charge in [-0.2, -0.15) is 0 Å². The van der Waals surface area contributed by atoms with Gasteiger partial charge in [0.2, 0.25) is 0 Å². The number of para-hydroxylation sites is 1. The van der Waals surface area contributed by atoms with Crippen molar-refractivity contribution in [3.05, 3.63) is 101 Å². The number of benzene rings is 3. The van der Waals surface area contributed by atoms with E-state index in [0.29, 0.717) is 48.9 Å². The zero-order valence-electron chi connectivity index (χ0n) is 18.4. The van der Waals surface area contributed by atoms with Crippen LogP contribution >= 0.6 is 0 Å². The predicted molar refractivity (Wildman–Crippen MR) is 129 cm³/mol. The maximum atomic E-state index is 13.3. The molecule has 0 unspecified atom stereocenters. The number of aromatic amines is 1. The molecule has 0 aliphatic carbocycles. The molecule has 1 amide bonds. The van der Waals surface area contributed by atoms with Crippen molar-refractivity contribution in [2.75, 3.05) is 26.3 Å². The Hall–Kier alpha value is -4.30. The largest absolute Gasteiger partial charge is 0.378 e. The quantitative estimate of drug-likeness (QED) is 0.443. The molecule has 0 radical (unpaired) electrons. The molecule has 0 saturated carbocycles. The van der Waals surface area contributed by atoms with Gasteiger partial charge in [0.15, 0.2) is 5.69 Å². The van der Waals surface area contributed by atoms with Crippen molar-refractivity contribution in [3.8, 4) is 16.9 Å². The van der Waals surface area contributed by atoms with Crippen LogP contribution in [0.25, 0.3) is 16.9 Å². The number of aromatic nitrogens is 2. The third-order valence-electron chi connectivity index (χ3n) is 5.63. The predicted octanol–water partition coefficient (Wildman–Crippen LogP) is 4.72. The van der Waals surface area contributed by atoms with Gasteiger partial charge in [-0.15, -0.1) is 10.2 Å². The Kier molecular flexibility index (Phi) is 6.13. The number of morpholine rings is 1. The second-order valence-corrected chi connectivity index (χ2v) is 7.80. The standard InChI is InChI=1S/C26H23N5O3/c32-25(30-15-17-34-18-16-30)21-13-7-8-14-22(21)27-28-24-23(19-9-3-1-4-10-19)29-31(26(24)33)20-11-5-2-6-12-20/h1-14,29H,15-18H2. The highest BCUT2D eigenvalue weighted by Crippen LogP contribution is 2.29. The molecule has 2 heterocycles. The molecule has 1 aliphatic heterocycles. The Labute approximate surface area is 196 Å². The first kappa shape index (κ1) is 21.5. The Bertz CT molecular complexity index is 1370. The third-order valence-corrected chi connectivity index (χ3v) is 5.63. The summed E-state index contributed by atoms with van der Waals surface area (Å²) in [6.45, 7) is 2.08. The summed E-state index contributed by atoms with van der Waals surface area (Å²) in [5.41, 5.74) is 2.73. The number of H-pyrrole nitrogens is 1. The van der Waals surface area contributed by atoms with Crippen molar-refractivity contribution >= 4 is 17.3 Å². The number of hydrogen-bond acceptors (Lipinski definition) is 5. The van der Waals surface area contributed by atoms with E-state index >= 15 is 0 Å². The zero-order chi connectivity index (χ0) is 23.3. The molecular weight excluding hydrogens is 430 g/mol. The van der Waals surface area contributed by atoms with Crippen molar-refractivity contribution in [2.24, 2.45) is 10.2 Å². The number of rotatable bonds is 5. The van der Waals surface area contributed by atoms with E-state index in [-0.39, 0.29) is 17.2 Å². The Balaban J connectivity index is 1.56. The number of hydrogen-bond donors (Lipinski definition) is 1. The molecule has 8 nitrogen and oxygen atoms in total. The molecule has 1 aromatic heterocycles. The Morgan fingerprint density at radius 3 is 2.21 bits per heavy atom. The Morgan fingerprint density at radius 1 is 0.824 bits per heavy atom. The minimum Gasteiger partial charge on any atom is -0.378 e. The van der Waals surface area contributed by atoms with Crippen LogP contribution in [0.5, 0.6) is 0 Å². The normalized spacial score (nSPS) is 13.9. The molecule has 1 aliphatic rings. The fraction of sp³-hybridized carbons (Fsp3) is 0.154. The topological polar surface area (TPSA) is 92.0 Å². The third kappa shape index (κ3) is 4.31. The monoisotopic (exact) mass is 453 g/mol. The van der Waals surface area contributed by atoms with E-state index in [4.69, 9.17) is 4.74 Å². The van der Waals surface area contributed by atoms with Crippen molar-refractivity contribution in [3.63, 3.8) is 0 Å². The number of nitrogens with one attached hydrogen (secondary N) is 1. The highest BCUT2D eigenvalue weighted by molar-refractivity contribution is 5.99. The van der Waals surface area contributed by atoms with E-state index in [0.717, 1.165) is 5.56 Å². The molecule has 3 aromatic carbocycles. The maximum Gasteiger partial charge on any atom is 0.299 e. The molecular formula is C26H23N5O3. The van der Waals surface area contributed by atoms with Gasteiger partial charge in [0.05, 0.1) is 35.8 Å². The molecule has 34 heavy (non-hydrogen) atoms. The van der Waals surface area contributed by atoms with Crippen LogP contribution in [0.15, 0.2) is 100.0 Å². The first-order chi connectivity index (χ1) is 16.7. The second kappa shape index (κ2) is 9.68. The molecule has 0 bridgehead atoms. The molecule has 170 valence electrons. The summed E-state index contributed by atoms with van der Waals surface area (Å²) in [6, 6.07) is 25.8. The van der Waals surface area contributed by atoms with Crippen LogP contribution in [0.4, 0.5) is 11.4 Å². The van der Waals surface area contributed by atoms with Crippen molar-refractivity contribution < 1.29 is 9.53 Å². The van der Waals surface area contributed by atoms with Gasteiger partial charge in [-0.25, -0.2) is 4.68 Å². The molecule has 1 saturated heterocycles. The summed E-state index contributed by atoms with van der Waals surface area (Å²) in [5, 5.41) is 11.9. The fourth-order valence-electron chi connectivity index (χ4n) is 3.87. The van der Waals surface area contributed by atoms with E-state index in [9.17, 15) is 9.59 Å². The van der Waals surface area contributed by atoms with E-state index in [1.54, 1.807) is 29.2 Å². The second-order valence-electron chi connectivity index (χ2n) is 7.80. The highest BCUT2D eigenvalue weighted by Gasteiger charge is 2.21. The first-order valence-electron chi connectivity index (χ1n) is 11.1. The van der Waals surface area contributed by atoms with Gasteiger partial charge >= 0.3 is 0 Å². The minimum absolute atomic E-state index is 0.128.